The minimum absolute atomic E-state index is 0.113. The highest BCUT2D eigenvalue weighted by Crippen LogP contribution is 2.09. The number of pyridine rings is 2. The van der Waals surface area contributed by atoms with Gasteiger partial charge in [0.2, 0.25) is 0 Å². The molecular weight excluding hydrogens is 326 g/mol. The highest BCUT2D eigenvalue weighted by atomic mass is 79.9. The molecule has 2 aromatic heterocycles. The van der Waals surface area contributed by atoms with Crippen molar-refractivity contribution < 1.29 is 0 Å². The van der Waals surface area contributed by atoms with E-state index in [1.807, 2.05) is 25.1 Å². The molecule has 0 saturated heterocycles. The smallest absolute Gasteiger partial charge is 0.261 e. The van der Waals surface area contributed by atoms with Crippen molar-refractivity contribution in [1.82, 2.24) is 9.55 Å². The highest BCUT2D eigenvalue weighted by Gasteiger charge is 2.09. The normalized spacial score (nSPS) is 10.4. The molecule has 0 aliphatic rings. The van der Waals surface area contributed by atoms with Crippen LogP contribution in [0.3, 0.4) is 0 Å². The van der Waals surface area contributed by atoms with Crippen molar-refractivity contribution in [1.29, 1.82) is 0 Å². The molecule has 0 saturated carbocycles. The molecule has 0 spiro atoms. The zero-order valence-electron chi connectivity index (χ0n) is 10.3. The molecule has 2 N–H and O–H groups in total. The van der Waals surface area contributed by atoms with Crippen LogP contribution in [0.5, 0.6) is 0 Å². The number of aromatic nitrogens is 2. The van der Waals surface area contributed by atoms with Gasteiger partial charge in [-0.1, -0.05) is 12.2 Å². The fraction of sp³-hybridized carbons (Fsp3) is 0.154. The molecule has 4 nitrogen and oxygen atoms in total. The largest absolute Gasteiger partial charge is 0.389 e. The van der Waals surface area contributed by atoms with E-state index in [2.05, 4.69) is 20.9 Å². The summed E-state index contributed by atoms with van der Waals surface area (Å²) in [5, 5.41) is 0. The lowest BCUT2D eigenvalue weighted by molar-refractivity contribution is 0.711. The maximum absolute atomic E-state index is 12.3. The van der Waals surface area contributed by atoms with Gasteiger partial charge >= 0.3 is 0 Å². The van der Waals surface area contributed by atoms with Crippen molar-refractivity contribution in [2.24, 2.45) is 5.73 Å². The SMILES string of the molecule is Cc1ccc(C(N)=S)c(=O)n1Cc1ccc(Br)cn1. The third-order valence-electron chi connectivity index (χ3n) is 2.77. The lowest BCUT2D eigenvalue weighted by Crippen LogP contribution is -2.30. The van der Waals surface area contributed by atoms with E-state index in [0.29, 0.717) is 12.1 Å². The molecule has 0 radical (unpaired) electrons. The van der Waals surface area contributed by atoms with Gasteiger partial charge in [-0.05, 0) is 47.1 Å². The van der Waals surface area contributed by atoms with Gasteiger partial charge in [0.15, 0.2) is 0 Å². The second-order valence-corrected chi connectivity index (χ2v) is 5.47. The minimum atomic E-state index is -0.183. The number of thiocarbonyl (C=S) groups is 1. The summed E-state index contributed by atoms with van der Waals surface area (Å²) in [6.07, 6.45) is 1.70. The summed E-state index contributed by atoms with van der Waals surface area (Å²) in [6.45, 7) is 2.26. The Hall–Kier alpha value is -1.53. The molecule has 0 aromatic carbocycles. The van der Waals surface area contributed by atoms with Crippen LogP contribution in [-0.4, -0.2) is 14.5 Å². The molecule has 0 fully saturated rings. The van der Waals surface area contributed by atoms with Crippen LogP contribution in [0, 0.1) is 6.92 Å². The molecule has 2 heterocycles. The van der Waals surface area contributed by atoms with Crippen LogP contribution in [0.2, 0.25) is 0 Å². The second kappa shape index (κ2) is 5.63. The zero-order chi connectivity index (χ0) is 14.0. The quantitative estimate of drug-likeness (QED) is 0.870. The molecule has 98 valence electrons. The molecule has 6 heteroatoms. The van der Waals surface area contributed by atoms with Crippen LogP contribution in [0.15, 0.2) is 39.7 Å². The van der Waals surface area contributed by atoms with Crippen molar-refractivity contribution >= 4 is 33.1 Å². The van der Waals surface area contributed by atoms with Gasteiger partial charge in [-0.15, -0.1) is 0 Å². The molecular formula is C13H12BrN3OS. The average Bonchev–Trinajstić information content (AvgIpc) is 2.36. The van der Waals surface area contributed by atoms with Crippen molar-refractivity contribution in [2.45, 2.75) is 13.5 Å². The van der Waals surface area contributed by atoms with Crippen LogP contribution in [0.25, 0.3) is 0 Å². The second-order valence-electron chi connectivity index (χ2n) is 4.11. The van der Waals surface area contributed by atoms with Gasteiger partial charge in [-0.3, -0.25) is 9.78 Å². The van der Waals surface area contributed by atoms with E-state index < -0.39 is 0 Å². The van der Waals surface area contributed by atoms with Crippen LogP contribution in [0.1, 0.15) is 17.0 Å². The number of rotatable bonds is 3. The van der Waals surface area contributed by atoms with Gasteiger partial charge in [0.1, 0.15) is 4.99 Å². The molecule has 0 bridgehead atoms. The summed E-state index contributed by atoms with van der Waals surface area (Å²) in [7, 11) is 0. The van der Waals surface area contributed by atoms with Gasteiger partial charge in [-0.2, -0.15) is 0 Å². The van der Waals surface area contributed by atoms with E-state index in [0.717, 1.165) is 15.9 Å². The number of aryl methyl sites for hydroxylation is 1. The molecule has 0 atom stereocenters. The molecule has 0 amide bonds. The Kier molecular flexibility index (Phi) is 4.11. The fourth-order valence-electron chi connectivity index (χ4n) is 1.72. The van der Waals surface area contributed by atoms with Crippen LogP contribution >= 0.6 is 28.1 Å². The summed E-state index contributed by atoms with van der Waals surface area (Å²) in [6, 6.07) is 7.24. The first kappa shape index (κ1) is 13.9. The van der Waals surface area contributed by atoms with Gasteiger partial charge in [0.05, 0.1) is 17.8 Å². The molecule has 2 aromatic rings. The Morgan fingerprint density at radius 2 is 2.16 bits per heavy atom. The maximum Gasteiger partial charge on any atom is 0.261 e. The highest BCUT2D eigenvalue weighted by molar-refractivity contribution is 9.10. The van der Waals surface area contributed by atoms with Crippen molar-refractivity contribution in [3.8, 4) is 0 Å². The number of halogens is 1. The first-order valence-electron chi connectivity index (χ1n) is 5.59. The topological polar surface area (TPSA) is 60.9 Å². The van der Waals surface area contributed by atoms with Gasteiger partial charge in [0, 0.05) is 16.4 Å². The summed E-state index contributed by atoms with van der Waals surface area (Å²) in [4.78, 5) is 16.6. The molecule has 2 rings (SSSR count). The Morgan fingerprint density at radius 1 is 1.42 bits per heavy atom. The van der Waals surface area contributed by atoms with E-state index >= 15 is 0 Å². The van der Waals surface area contributed by atoms with Crippen LogP contribution in [-0.2, 0) is 6.54 Å². The molecule has 0 aliphatic heterocycles. The van der Waals surface area contributed by atoms with Gasteiger partial charge in [-0.25, -0.2) is 0 Å². The number of hydrogen-bond acceptors (Lipinski definition) is 3. The lowest BCUT2D eigenvalue weighted by atomic mass is 10.2. The minimum Gasteiger partial charge on any atom is -0.389 e. The molecule has 0 aliphatic carbocycles. The number of nitrogens with zero attached hydrogens (tertiary/aromatic N) is 2. The molecule has 0 unspecified atom stereocenters. The van der Waals surface area contributed by atoms with E-state index in [9.17, 15) is 4.79 Å². The summed E-state index contributed by atoms with van der Waals surface area (Å²) in [5.74, 6) is 0. The predicted octanol–water partition coefficient (Wildman–Crippen LogP) is 2.00. The first-order valence-corrected chi connectivity index (χ1v) is 6.80. The Bertz CT molecular complexity index is 679. The third kappa shape index (κ3) is 3.08. The zero-order valence-corrected chi connectivity index (χ0v) is 12.7. The summed E-state index contributed by atoms with van der Waals surface area (Å²) >= 11 is 8.20. The van der Waals surface area contributed by atoms with Crippen molar-refractivity contribution in [2.75, 3.05) is 0 Å². The van der Waals surface area contributed by atoms with E-state index in [-0.39, 0.29) is 10.5 Å². The lowest BCUT2D eigenvalue weighted by Gasteiger charge is -2.11. The monoisotopic (exact) mass is 337 g/mol. The van der Waals surface area contributed by atoms with Crippen LogP contribution in [0.4, 0.5) is 0 Å². The van der Waals surface area contributed by atoms with Gasteiger partial charge < -0.3 is 10.3 Å². The summed E-state index contributed by atoms with van der Waals surface area (Å²) in [5.41, 5.74) is 7.36. The Labute approximate surface area is 124 Å². The van der Waals surface area contributed by atoms with Crippen molar-refractivity contribution in [3.05, 3.63) is 62.2 Å². The average molecular weight is 338 g/mol. The number of nitrogens with two attached hydrogens (primary N) is 1. The predicted molar refractivity (Wildman–Crippen MR) is 82.4 cm³/mol. The van der Waals surface area contributed by atoms with E-state index in [1.54, 1.807) is 16.8 Å². The van der Waals surface area contributed by atoms with Crippen molar-refractivity contribution in [3.63, 3.8) is 0 Å². The Balaban J connectivity index is 2.45. The van der Waals surface area contributed by atoms with Crippen LogP contribution < -0.4 is 11.3 Å². The summed E-state index contributed by atoms with van der Waals surface area (Å²) < 4.78 is 2.52. The van der Waals surface area contributed by atoms with Gasteiger partial charge in [0.25, 0.3) is 5.56 Å². The maximum atomic E-state index is 12.3. The first-order chi connectivity index (χ1) is 8.99. The third-order valence-corrected chi connectivity index (χ3v) is 3.46. The molecule has 19 heavy (non-hydrogen) atoms. The Morgan fingerprint density at radius 3 is 2.74 bits per heavy atom. The van der Waals surface area contributed by atoms with E-state index in [4.69, 9.17) is 18.0 Å². The fourth-order valence-corrected chi connectivity index (χ4v) is 2.11. The standard InChI is InChI=1S/C13H12BrN3OS/c1-8-2-5-11(12(15)19)13(18)17(8)7-10-4-3-9(14)6-16-10/h2-6H,7H2,1H3,(H2,15,19). The number of hydrogen-bond donors (Lipinski definition) is 1. The van der Waals surface area contributed by atoms with E-state index in [1.165, 1.54) is 0 Å².